The molecular weight excluding hydrogens is 246 g/mol. The molecule has 2 aromatic heterocycles. The quantitative estimate of drug-likeness (QED) is 0.756. The van der Waals surface area contributed by atoms with Gasteiger partial charge in [0, 0.05) is 18.0 Å². The fourth-order valence-corrected chi connectivity index (χ4v) is 1.65. The van der Waals surface area contributed by atoms with Crippen LogP contribution in [0, 0.1) is 0 Å². The molecule has 6 nitrogen and oxygen atoms in total. The average Bonchev–Trinajstić information content (AvgIpc) is 3.10. The minimum absolute atomic E-state index is 0.107. The zero-order valence-corrected chi connectivity index (χ0v) is 9.72. The van der Waals surface area contributed by atoms with Crippen molar-refractivity contribution >= 4 is 5.91 Å². The summed E-state index contributed by atoms with van der Waals surface area (Å²) in [5.74, 6) is 0.00205. The van der Waals surface area contributed by atoms with Crippen LogP contribution in [0.1, 0.15) is 10.5 Å². The van der Waals surface area contributed by atoms with E-state index in [-0.39, 0.29) is 23.2 Å². The summed E-state index contributed by atoms with van der Waals surface area (Å²) in [7, 11) is 0. The van der Waals surface area contributed by atoms with Crippen LogP contribution in [0.5, 0.6) is 5.75 Å². The topological polar surface area (TPSA) is 81.1 Å². The number of phenolic OH excluding ortho intramolecular Hbond substituents is 1. The summed E-state index contributed by atoms with van der Waals surface area (Å²) < 4.78 is 6.41. The standard InChI is InChI=1S/C13H9N3O3/c17-10-4-1-3-9(7-10)12-15-11(8-19-12)13(18)16-6-2-5-14-16/h1-8,17H. The van der Waals surface area contributed by atoms with Gasteiger partial charge in [0.25, 0.3) is 5.91 Å². The van der Waals surface area contributed by atoms with E-state index in [0.29, 0.717) is 5.56 Å². The number of aromatic hydroxyl groups is 1. The van der Waals surface area contributed by atoms with Crippen LogP contribution in [0.25, 0.3) is 11.5 Å². The van der Waals surface area contributed by atoms with E-state index >= 15 is 0 Å². The average molecular weight is 255 g/mol. The zero-order valence-electron chi connectivity index (χ0n) is 9.72. The minimum atomic E-state index is -0.375. The highest BCUT2D eigenvalue weighted by Gasteiger charge is 2.15. The normalized spacial score (nSPS) is 10.5. The predicted octanol–water partition coefficient (Wildman–Crippen LogP) is 1.93. The molecule has 0 aliphatic carbocycles. The molecule has 0 spiro atoms. The molecule has 1 aromatic carbocycles. The second kappa shape index (κ2) is 4.41. The predicted molar refractivity (Wildman–Crippen MR) is 65.6 cm³/mol. The number of hydrogen-bond donors (Lipinski definition) is 1. The second-order valence-corrected chi connectivity index (χ2v) is 3.84. The van der Waals surface area contributed by atoms with Gasteiger partial charge in [-0.1, -0.05) is 6.07 Å². The molecule has 0 atom stereocenters. The maximum atomic E-state index is 11.9. The molecule has 94 valence electrons. The zero-order chi connectivity index (χ0) is 13.2. The summed E-state index contributed by atoms with van der Waals surface area (Å²) in [6.07, 6.45) is 4.31. The summed E-state index contributed by atoms with van der Waals surface area (Å²) in [5.41, 5.74) is 0.751. The molecule has 3 aromatic rings. The van der Waals surface area contributed by atoms with Crippen LogP contribution in [0.4, 0.5) is 0 Å². The fraction of sp³-hybridized carbons (Fsp3) is 0. The fourth-order valence-electron chi connectivity index (χ4n) is 1.65. The van der Waals surface area contributed by atoms with E-state index in [1.807, 2.05) is 0 Å². The first-order valence-corrected chi connectivity index (χ1v) is 5.53. The van der Waals surface area contributed by atoms with Crippen molar-refractivity contribution in [3.63, 3.8) is 0 Å². The van der Waals surface area contributed by atoms with E-state index in [4.69, 9.17) is 4.42 Å². The number of phenols is 1. The van der Waals surface area contributed by atoms with Crippen molar-refractivity contribution in [3.05, 3.63) is 54.7 Å². The molecule has 0 saturated heterocycles. The number of benzene rings is 1. The van der Waals surface area contributed by atoms with Gasteiger partial charge in [-0.25, -0.2) is 9.67 Å². The maximum absolute atomic E-state index is 11.9. The van der Waals surface area contributed by atoms with E-state index < -0.39 is 0 Å². The van der Waals surface area contributed by atoms with Gasteiger partial charge in [-0.3, -0.25) is 4.79 Å². The third-order valence-electron chi connectivity index (χ3n) is 2.53. The molecule has 0 amide bonds. The van der Waals surface area contributed by atoms with Crippen LogP contribution < -0.4 is 0 Å². The summed E-state index contributed by atoms with van der Waals surface area (Å²) in [6.45, 7) is 0. The summed E-state index contributed by atoms with van der Waals surface area (Å²) in [4.78, 5) is 16.0. The second-order valence-electron chi connectivity index (χ2n) is 3.84. The van der Waals surface area contributed by atoms with Gasteiger partial charge in [0.05, 0.1) is 0 Å². The number of hydrogen-bond acceptors (Lipinski definition) is 5. The number of aromatic nitrogens is 3. The lowest BCUT2D eigenvalue weighted by Gasteiger charge is -1.96. The Morgan fingerprint density at radius 3 is 2.95 bits per heavy atom. The Morgan fingerprint density at radius 2 is 2.21 bits per heavy atom. The van der Waals surface area contributed by atoms with Crippen LogP contribution in [-0.4, -0.2) is 25.8 Å². The molecule has 0 fully saturated rings. The molecule has 6 heteroatoms. The molecule has 0 saturated carbocycles. The van der Waals surface area contributed by atoms with E-state index in [9.17, 15) is 9.90 Å². The van der Waals surface area contributed by atoms with Gasteiger partial charge in [-0.15, -0.1) is 0 Å². The number of carbonyl (C=O) groups excluding carboxylic acids is 1. The Morgan fingerprint density at radius 1 is 1.32 bits per heavy atom. The first kappa shape index (κ1) is 11.2. The first-order valence-electron chi connectivity index (χ1n) is 5.53. The third-order valence-corrected chi connectivity index (χ3v) is 2.53. The molecule has 19 heavy (non-hydrogen) atoms. The SMILES string of the molecule is O=C(c1coc(-c2cccc(O)c2)n1)n1cccn1. The molecule has 0 aliphatic heterocycles. The maximum Gasteiger partial charge on any atom is 0.300 e. The Hall–Kier alpha value is -2.89. The Kier molecular flexibility index (Phi) is 2.60. The van der Waals surface area contributed by atoms with E-state index in [1.54, 1.807) is 24.3 Å². The summed E-state index contributed by atoms with van der Waals surface area (Å²) >= 11 is 0. The molecule has 0 bridgehead atoms. The molecule has 1 N–H and O–H groups in total. The van der Waals surface area contributed by atoms with E-state index in [0.717, 1.165) is 0 Å². The number of carbonyl (C=O) groups is 1. The molecule has 0 aliphatic rings. The lowest BCUT2D eigenvalue weighted by atomic mass is 10.2. The van der Waals surface area contributed by atoms with Crippen LogP contribution in [-0.2, 0) is 0 Å². The smallest absolute Gasteiger partial charge is 0.300 e. The highest BCUT2D eigenvalue weighted by molar-refractivity contribution is 5.93. The van der Waals surface area contributed by atoms with Crippen molar-refractivity contribution in [2.45, 2.75) is 0 Å². The Balaban J connectivity index is 1.94. The van der Waals surface area contributed by atoms with Crippen molar-refractivity contribution in [1.29, 1.82) is 0 Å². The monoisotopic (exact) mass is 255 g/mol. The van der Waals surface area contributed by atoms with Gasteiger partial charge < -0.3 is 9.52 Å². The van der Waals surface area contributed by atoms with Gasteiger partial charge >= 0.3 is 0 Å². The van der Waals surface area contributed by atoms with Crippen molar-refractivity contribution in [1.82, 2.24) is 14.8 Å². The van der Waals surface area contributed by atoms with Crippen LogP contribution in [0.3, 0.4) is 0 Å². The molecule has 2 heterocycles. The largest absolute Gasteiger partial charge is 0.508 e. The van der Waals surface area contributed by atoms with Crippen LogP contribution >= 0.6 is 0 Å². The van der Waals surface area contributed by atoms with Gasteiger partial charge in [-0.2, -0.15) is 5.10 Å². The van der Waals surface area contributed by atoms with Crippen molar-refractivity contribution in [3.8, 4) is 17.2 Å². The van der Waals surface area contributed by atoms with Gasteiger partial charge in [0.2, 0.25) is 5.89 Å². The van der Waals surface area contributed by atoms with E-state index in [1.165, 1.54) is 29.4 Å². The summed E-state index contributed by atoms with van der Waals surface area (Å²) in [5, 5.41) is 13.2. The molecule has 3 rings (SSSR count). The third kappa shape index (κ3) is 2.11. The molecule has 0 radical (unpaired) electrons. The summed E-state index contributed by atoms with van der Waals surface area (Å²) in [6, 6.07) is 8.10. The number of rotatable bonds is 2. The van der Waals surface area contributed by atoms with Crippen molar-refractivity contribution in [2.24, 2.45) is 0 Å². The Bertz CT molecular complexity index is 716. The lowest BCUT2D eigenvalue weighted by Crippen LogP contribution is -2.12. The Labute approximate surface area is 107 Å². The van der Waals surface area contributed by atoms with E-state index in [2.05, 4.69) is 10.1 Å². The highest BCUT2D eigenvalue weighted by atomic mass is 16.3. The van der Waals surface area contributed by atoms with Crippen LogP contribution in [0.15, 0.2) is 53.4 Å². The van der Waals surface area contributed by atoms with Gasteiger partial charge in [0.1, 0.15) is 12.0 Å². The van der Waals surface area contributed by atoms with Gasteiger partial charge in [0.15, 0.2) is 5.69 Å². The lowest BCUT2D eigenvalue weighted by molar-refractivity contribution is 0.0940. The van der Waals surface area contributed by atoms with Crippen LogP contribution in [0.2, 0.25) is 0 Å². The van der Waals surface area contributed by atoms with Crippen molar-refractivity contribution in [2.75, 3.05) is 0 Å². The molecule has 0 unspecified atom stereocenters. The minimum Gasteiger partial charge on any atom is -0.508 e. The first-order chi connectivity index (χ1) is 9.24. The highest BCUT2D eigenvalue weighted by Crippen LogP contribution is 2.22. The van der Waals surface area contributed by atoms with Crippen molar-refractivity contribution < 1.29 is 14.3 Å². The number of nitrogens with zero attached hydrogens (tertiary/aromatic N) is 3. The molecular formula is C13H9N3O3. The van der Waals surface area contributed by atoms with Gasteiger partial charge in [-0.05, 0) is 24.3 Å². The number of oxazole rings is 1.